The zero-order valence-corrected chi connectivity index (χ0v) is 25.2. The van der Waals surface area contributed by atoms with E-state index < -0.39 is 0 Å². The van der Waals surface area contributed by atoms with E-state index in [2.05, 4.69) is 107 Å². The zero-order chi connectivity index (χ0) is 28.5. The van der Waals surface area contributed by atoms with Crippen LogP contribution in [0.3, 0.4) is 0 Å². The lowest BCUT2D eigenvalue weighted by atomic mass is 10.0. The van der Waals surface area contributed by atoms with Gasteiger partial charge in [0.1, 0.15) is 0 Å². The van der Waals surface area contributed by atoms with Crippen LogP contribution >= 0.6 is 0 Å². The number of hydrogen-bond acceptors (Lipinski definition) is 4. The first-order valence-corrected chi connectivity index (χ1v) is 13.7. The third-order valence-corrected chi connectivity index (χ3v) is 6.03. The summed E-state index contributed by atoms with van der Waals surface area (Å²) in [6, 6.07) is 14.4. The summed E-state index contributed by atoms with van der Waals surface area (Å²) in [5, 5.41) is 0. The second-order valence-corrected chi connectivity index (χ2v) is 10.7. The smallest absolute Gasteiger partial charge is 0.0372 e. The molecule has 0 aromatic carbocycles. The van der Waals surface area contributed by atoms with Crippen molar-refractivity contribution in [2.45, 2.75) is 92.9 Å². The normalized spacial score (nSPS) is 10.3. The minimum absolute atomic E-state index is 0.591. The van der Waals surface area contributed by atoms with Gasteiger partial charge in [0.15, 0.2) is 0 Å². The molecule has 0 saturated carbocycles. The Hall–Kier alpha value is -3.40. The average Bonchev–Trinajstić information content (AvgIpc) is 2.91. The molecule has 0 N–H and O–H groups in total. The lowest BCUT2D eigenvalue weighted by Gasteiger charge is -2.06. The summed E-state index contributed by atoms with van der Waals surface area (Å²) < 4.78 is 0. The first-order chi connectivity index (χ1) is 18.0. The maximum absolute atomic E-state index is 4.20. The van der Waals surface area contributed by atoms with Crippen LogP contribution in [-0.4, -0.2) is 19.9 Å². The Labute approximate surface area is 232 Å². The molecule has 0 aliphatic rings. The maximum Gasteiger partial charge on any atom is 0.0372 e. The second-order valence-electron chi connectivity index (χ2n) is 10.7. The molecule has 0 aliphatic heterocycles. The van der Waals surface area contributed by atoms with Gasteiger partial charge >= 0.3 is 0 Å². The van der Waals surface area contributed by atoms with Crippen molar-refractivity contribution in [2.24, 2.45) is 0 Å². The molecule has 0 radical (unpaired) electrons. The number of aryl methyl sites for hydroxylation is 2. The van der Waals surface area contributed by atoms with Crippen LogP contribution in [0.1, 0.15) is 113 Å². The molecule has 4 heteroatoms. The summed E-state index contributed by atoms with van der Waals surface area (Å²) in [5.74, 6) is 2.40. The van der Waals surface area contributed by atoms with Crippen molar-refractivity contribution in [3.63, 3.8) is 0 Å². The number of rotatable bonds is 4. The van der Waals surface area contributed by atoms with Crippen LogP contribution in [-0.2, 0) is 0 Å². The van der Waals surface area contributed by atoms with Gasteiger partial charge in [0.25, 0.3) is 0 Å². The molecule has 4 nitrogen and oxygen atoms in total. The van der Waals surface area contributed by atoms with Gasteiger partial charge in [0, 0.05) is 49.1 Å². The van der Waals surface area contributed by atoms with Crippen molar-refractivity contribution in [3.8, 4) is 0 Å². The predicted octanol–water partition coefficient (Wildman–Crippen LogP) is 9.44. The standard InChI is InChI=1S/2C9H13N.2C8H11N/c1-7(2)9-6-10-5-4-8(9)3;1-7(2)9-5-4-8(3)10-6-9;1-7(2)8-3-5-9-6-4-8;1-7(2)8-4-3-5-9-6-8/h2*4-7H,1-3H3;2*3-7H,1-2H3. The highest BCUT2D eigenvalue weighted by Crippen LogP contribution is 2.16. The number of nitrogens with zero attached hydrogens (tertiary/aromatic N) is 4. The van der Waals surface area contributed by atoms with E-state index in [0.717, 1.165) is 5.69 Å². The minimum atomic E-state index is 0.591. The molecule has 38 heavy (non-hydrogen) atoms. The highest BCUT2D eigenvalue weighted by atomic mass is 14.7. The molecule has 0 aliphatic carbocycles. The van der Waals surface area contributed by atoms with E-state index in [-0.39, 0.29) is 0 Å². The van der Waals surface area contributed by atoms with Crippen molar-refractivity contribution in [1.29, 1.82) is 0 Å². The van der Waals surface area contributed by atoms with E-state index >= 15 is 0 Å². The topological polar surface area (TPSA) is 51.6 Å². The molecule has 4 rings (SSSR count). The molecule has 0 spiro atoms. The van der Waals surface area contributed by atoms with E-state index in [0.29, 0.717) is 23.7 Å². The molecule has 4 aromatic rings. The highest BCUT2D eigenvalue weighted by molar-refractivity contribution is 5.24. The Bertz CT molecular complexity index is 1080. The van der Waals surface area contributed by atoms with E-state index in [1.54, 1.807) is 6.20 Å². The molecule has 204 valence electrons. The minimum Gasteiger partial charge on any atom is -0.265 e. The van der Waals surface area contributed by atoms with Crippen molar-refractivity contribution in [3.05, 3.63) is 119 Å². The molecular weight excluding hydrogens is 464 g/mol. The molecular formula is C34H48N4. The summed E-state index contributed by atoms with van der Waals surface area (Å²) in [6.07, 6.45) is 13.1. The Morgan fingerprint density at radius 3 is 1.39 bits per heavy atom. The van der Waals surface area contributed by atoms with Gasteiger partial charge in [0.05, 0.1) is 0 Å². The molecule has 0 atom stereocenters. The van der Waals surface area contributed by atoms with Crippen molar-refractivity contribution in [2.75, 3.05) is 0 Å². The van der Waals surface area contributed by atoms with E-state index in [4.69, 9.17) is 0 Å². The molecule has 4 aromatic heterocycles. The van der Waals surface area contributed by atoms with Gasteiger partial charge in [0.2, 0.25) is 0 Å². The SMILES string of the molecule is CC(C)c1cccnc1.CC(C)c1ccncc1.Cc1ccc(C(C)C)cn1.Cc1ccncc1C(C)C. The molecule has 0 bridgehead atoms. The van der Waals surface area contributed by atoms with Crippen LogP contribution in [0, 0.1) is 13.8 Å². The summed E-state index contributed by atoms with van der Waals surface area (Å²) in [4.78, 5) is 16.2. The van der Waals surface area contributed by atoms with Crippen molar-refractivity contribution in [1.82, 2.24) is 19.9 Å². The lowest BCUT2D eigenvalue weighted by molar-refractivity contribution is 0.847. The van der Waals surface area contributed by atoms with Gasteiger partial charge in [-0.3, -0.25) is 19.9 Å². The van der Waals surface area contributed by atoms with Crippen molar-refractivity contribution >= 4 is 0 Å². The highest BCUT2D eigenvalue weighted by Gasteiger charge is 2.00. The number of aromatic nitrogens is 4. The third-order valence-electron chi connectivity index (χ3n) is 6.03. The fraction of sp³-hybridized carbons (Fsp3) is 0.412. The zero-order valence-electron chi connectivity index (χ0n) is 25.2. The third kappa shape index (κ3) is 13.2. The first kappa shape index (κ1) is 32.6. The largest absolute Gasteiger partial charge is 0.265 e. The van der Waals surface area contributed by atoms with Crippen molar-refractivity contribution < 1.29 is 0 Å². The van der Waals surface area contributed by atoms with Crippen LogP contribution in [0.25, 0.3) is 0 Å². The quantitative estimate of drug-likeness (QED) is 0.273. The Morgan fingerprint density at radius 2 is 1.03 bits per heavy atom. The van der Waals surface area contributed by atoms with Gasteiger partial charge < -0.3 is 0 Å². The summed E-state index contributed by atoms with van der Waals surface area (Å²) in [5.41, 5.74) is 7.74. The van der Waals surface area contributed by atoms with Crippen LogP contribution in [0.15, 0.2) is 85.8 Å². The van der Waals surface area contributed by atoms with Gasteiger partial charge in [-0.1, -0.05) is 67.5 Å². The summed E-state index contributed by atoms with van der Waals surface area (Å²) in [7, 11) is 0. The van der Waals surface area contributed by atoms with E-state index in [1.165, 1.54) is 27.8 Å². The van der Waals surface area contributed by atoms with Gasteiger partial charge in [-0.05, 0) is 95.7 Å². The predicted molar refractivity (Wildman–Crippen MR) is 163 cm³/mol. The monoisotopic (exact) mass is 512 g/mol. The summed E-state index contributed by atoms with van der Waals surface area (Å²) >= 11 is 0. The average molecular weight is 513 g/mol. The Kier molecular flexibility index (Phi) is 15.4. The van der Waals surface area contributed by atoms with Gasteiger partial charge in [-0.25, -0.2) is 0 Å². The van der Waals surface area contributed by atoms with Crippen LogP contribution in [0.2, 0.25) is 0 Å². The van der Waals surface area contributed by atoms with Gasteiger partial charge in [-0.15, -0.1) is 0 Å². The lowest BCUT2D eigenvalue weighted by Crippen LogP contribution is -1.91. The fourth-order valence-corrected chi connectivity index (χ4v) is 3.37. The molecule has 0 amide bonds. The Balaban J connectivity index is 0.000000254. The maximum atomic E-state index is 4.20. The second kappa shape index (κ2) is 18.0. The van der Waals surface area contributed by atoms with Crippen LogP contribution in [0.4, 0.5) is 0 Å². The van der Waals surface area contributed by atoms with Crippen LogP contribution in [0.5, 0.6) is 0 Å². The number of pyridine rings is 4. The fourth-order valence-electron chi connectivity index (χ4n) is 3.37. The number of hydrogen-bond donors (Lipinski definition) is 0. The molecule has 0 unspecified atom stereocenters. The Morgan fingerprint density at radius 1 is 0.474 bits per heavy atom. The molecule has 0 saturated heterocycles. The first-order valence-electron chi connectivity index (χ1n) is 13.7. The van der Waals surface area contributed by atoms with Gasteiger partial charge in [-0.2, -0.15) is 0 Å². The summed E-state index contributed by atoms with van der Waals surface area (Å²) in [6.45, 7) is 21.5. The van der Waals surface area contributed by atoms with E-state index in [9.17, 15) is 0 Å². The molecule has 4 heterocycles. The molecule has 0 fully saturated rings. The van der Waals surface area contributed by atoms with E-state index in [1.807, 2.05) is 62.3 Å². The van der Waals surface area contributed by atoms with Crippen LogP contribution < -0.4 is 0 Å².